The summed E-state index contributed by atoms with van der Waals surface area (Å²) in [5.74, 6) is -1.86. The molecule has 0 radical (unpaired) electrons. The summed E-state index contributed by atoms with van der Waals surface area (Å²) in [6.45, 7) is 2.22. The van der Waals surface area contributed by atoms with Crippen molar-refractivity contribution in [3.63, 3.8) is 0 Å². The normalized spacial score (nSPS) is 13.5. The number of nitrogens with two attached hydrogens (primary N) is 3. The second kappa shape index (κ2) is 15.9. The molecule has 2 aromatic carbocycles. The summed E-state index contributed by atoms with van der Waals surface area (Å²) in [5.41, 5.74) is 21.1. The molecule has 0 aromatic heterocycles. The fourth-order valence-electron chi connectivity index (χ4n) is 3.29. The third kappa shape index (κ3) is 11.3. The van der Waals surface area contributed by atoms with Crippen LogP contribution in [0.2, 0.25) is 0 Å². The van der Waals surface area contributed by atoms with Gasteiger partial charge in [-0.05, 0) is 62.4 Å². The number of hydrogen-bond acceptors (Lipinski definition) is 8. The molecule has 37 heavy (non-hydrogen) atoms. The number of unbranched alkanes of at least 4 members (excludes halogenated alkanes) is 1. The van der Waals surface area contributed by atoms with Gasteiger partial charge >= 0.3 is 0 Å². The monoisotopic (exact) mass is 533 g/mol. The van der Waals surface area contributed by atoms with Gasteiger partial charge in [0, 0.05) is 12.1 Å². The molecule has 2 rings (SSSR count). The number of carbonyl (C=O) groups excluding carboxylic acids is 3. The molecule has 0 aliphatic rings. The van der Waals surface area contributed by atoms with Gasteiger partial charge < -0.3 is 22.5 Å². The molecule has 3 atom stereocenters. The van der Waals surface area contributed by atoms with E-state index in [1.165, 1.54) is 16.5 Å². The van der Waals surface area contributed by atoms with Crippen molar-refractivity contribution < 1.29 is 18.8 Å². The number of rotatable bonds is 16. The van der Waals surface area contributed by atoms with Crippen LogP contribution in [0.15, 0.2) is 54.6 Å². The van der Waals surface area contributed by atoms with E-state index in [0.717, 1.165) is 23.3 Å². The van der Waals surface area contributed by atoms with Crippen molar-refractivity contribution in [2.24, 2.45) is 17.2 Å². The first-order valence-corrected chi connectivity index (χ1v) is 12.8. The first-order chi connectivity index (χ1) is 17.7. The van der Waals surface area contributed by atoms with Crippen molar-refractivity contribution in [3.8, 4) is 0 Å². The topological polar surface area (TPSA) is 169 Å². The largest absolute Gasteiger partial charge is 0.368 e. The molecule has 0 bridgehead atoms. The molecule has 10 nitrogen and oxygen atoms in total. The van der Waals surface area contributed by atoms with Crippen molar-refractivity contribution in [2.45, 2.75) is 57.3 Å². The number of halogens is 1. The Bertz CT molecular complexity index is 996. The lowest BCUT2D eigenvalue weighted by molar-refractivity contribution is -0.128. The Labute approximate surface area is 221 Å². The van der Waals surface area contributed by atoms with E-state index < -0.39 is 35.8 Å². The highest BCUT2D eigenvalue weighted by Gasteiger charge is 2.26. The fraction of sp³-hybridized carbons (Fsp3) is 0.400. The minimum absolute atomic E-state index is 0.194. The molecule has 3 amide bonds. The Balaban J connectivity index is 2.18. The summed E-state index contributed by atoms with van der Waals surface area (Å²) < 4.78 is 17.9. The molecular formula is C25H36FN7O3S. The zero-order valence-electron chi connectivity index (χ0n) is 20.9. The Morgan fingerprint density at radius 1 is 0.973 bits per heavy atom. The lowest BCUT2D eigenvalue weighted by atomic mass is 10.0. The predicted molar refractivity (Wildman–Crippen MR) is 142 cm³/mol. The molecule has 0 fully saturated rings. The Morgan fingerprint density at radius 2 is 1.65 bits per heavy atom. The van der Waals surface area contributed by atoms with Crippen LogP contribution >= 0.6 is 12.1 Å². The predicted octanol–water partition coefficient (Wildman–Crippen LogP) is 0.869. The van der Waals surface area contributed by atoms with Crippen LogP contribution in [0.5, 0.6) is 0 Å². The molecule has 202 valence electrons. The smallest absolute Gasteiger partial charge is 0.251 e. The van der Waals surface area contributed by atoms with E-state index in [0.29, 0.717) is 32.2 Å². The molecule has 0 spiro atoms. The van der Waals surface area contributed by atoms with Crippen molar-refractivity contribution >= 4 is 29.9 Å². The van der Waals surface area contributed by atoms with Gasteiger partial charge in [0.15, 0.2) is 0 Å². The molecule has 0 heterocycles. The first kappa shape index (κ1) is 30.2. The maximum Gasteiger partial charge on any atom is 0.251 e. The summed E-state index contributed by atoms with van der Waals surface area (Å²) in [5, 5.41) is 2.74. The minimum atomic E-state index is -0.836. The number of amides is 3. The van der Waals surface area contributed by atoms with Gasteiger partial charge in [-0.1, -0.05) is 42.5 Å². The number of hydrazine groups is 1. The van der Waals surface area contributed by atoms with Gasteiger partial charge in [-0.25, -0.2) is 9.11 Å². The Morgan fingerprint density at radius 3 is 2.24 bits per heavy atom. The van der Waals surface area contributed by atoms with Crippen LogP contribution in [0.25, 0.3) is 0 Å². The van der Waals surface area contributed by atoms with Crippen molar-refractivity contribution in [1.82, 2.24) is 19.9 Å². The van der Waals surface area contributed by atoms with Gasteiger partial charge in [0.2, 0.25) is 11.8 Å². The quantitative estimate of drug-likeness (QED) is 0.105. The highest BCUT2D eigenvalue weighted by molar-refractivity contribution is 7.95. The number of carbonyl (C=O) groups is 3. The molecule has 0 saturated carbocycles. The van der Waals surface area contributed by atoms with Crippen LogP contribution < -0.4 is 32.7 Å². The molecule has 0 saturated heterocycles. The first-order valence-electron chi connectivity index (χ1n) is 12.0. The maximum atomic E-state index is 13.3. The van der Waals surface area contributed by atoms with Gasteiger partial charge in [0.05, 0.1) is 12.6 Å². The van der Waals surface area contributed by atoms with Crippen molar-refractivity contribution in [2.75, 3.05) is 6.54 Å². The molecule has 9 N–H and O–H groups in total. The van der Waals surface area contributed by atoms with Crippen molar-refractivity contribution in [3.05, 3.63) is 71.5 Å². The van der Waals surface area contributed by atoms with Gasteiger partial charge in [-0.15, -0.1) is 4.41 Å². The maximum absolute atomic E-state index is 13.3. The highest BCUT2D eigenvalue weighted by Crippen LogP contribution is 2.14. The Kier molecular flexibility index (Phi) is 13.0. The lowest BCUT2D eigenvalue weighted by Crippen LogP contribution is -2.52. The summed E-state index contributed by atoms with van der Waals surface area (Å²) >= 11 is 0.988. The standard InChI is InChI=1S/C25H36FN7O3S/c1-17(28)24(35)31-33(16-19-10-12-20(26)13-11-19)37-32-22(15-18-7-3-2-4-8-18)25(36)30-21(23(29)34)9-5-6-14-27/h2-4,7-8,10-13,17,21-22,32H,5-6,9,14-16,27-28H2,1H3,(H2,29,34)(H,30,36)(H,31,35)/t17-,21-,22+/m0/s1. The van der Waals surface area contributed by atoms with Crippen LogP contribution in [-0.4, -0.2) is 46.8 Å². The molecule has 12 heteroatoms. The van der Waals surface area contributed by atoms with Gasteiger partial charge in [-0.3, -0.25) is 19.8 Å². The van der Waals surface area contributed by atoms with Crippen LogP contribution in [0.4, 0.5) is 4.39 Å². The number of nitrogens with zero attached hydrogens (tertiary/aromatic N) is 1. The summed E-state index contributed by atoms with van der Waals surface area (Å²) in [6.07, 6.45) is 2.04. The number of nitrogens with one attached hydrogen (secondary N) is 3. The minimum Gasteiger partial charge on any atom is -0.368 e. The van der Waals surface area contributed by atoms with Crippen LogP contribution in [0.3, 0.4) is 0 Å². The second-order valence-corrected chi connectivity index (χ2v) is 9.49. The number of hydrogen-bond donors (Lipinski definition) is 6. The van der Waals surface area contributed by atoms with Crippen LogP contribution in [0.1, 0.15) is 37.3 Å². The number of primary amides is 1. The second-order valence-electron chi connectivity index (χ2n) is 8.63. The fourth-order valence-corrected chi connectivity index (χ4v) is 4.08. The van der Waals surface area contributed by atoms with Crippen LogP contribution in [-0.2, 0) is 27.3 Å². The summed E-state index contributed by atoms with van der Waals surface area (Å²) in [7, 11) is 0. The van der Waals surface area contributed by atoms with Gasteiger partial charge in [-0.2, -0.15) is 0 Å². The van der Waals surface area contributed by atoms with E-state index in [-0.39, 0.29) is 12.4 Å². The van der Waals surface area contributed by atoms with E-state index in [9.17, 15) is 18.8 Å². The zero-order chi connectivity index (χ0) is 27.2. The molecule has 0 aliphatic heterocycles. The average molecular weight is 534 g/mol. The van der Waals surface area contributed by atoms with Gasteiger partial charge in [0.25, 0.3) is 5.91 Å². The van der Waals surface area contributed by atoms with E-state index in [1.54, 1.807) is 19.1 Å². The lowest BCUT2D eigenvalue weighted by Gasteiger charge is -2.26. The van der Waals surface area contributed by atoms with E-state index in [2.05, 4.69) is 15.5 Å². The van der Waals surface area contributed by atoms with Crippen molar-refractivity contribution in [1.29, 1.82) is 0 Å². The Hall–Kier alpha value is -3.03. The number of benzene rings is 2. The highest BCUT2D eigenvalue weighted by atomic mass is 32.2. The SMILES string of the molecule is C[C@H](N)C(=O)NN(Cc1ccc(F)cc1)SN[C@H](Cc1ccccc1)C(=O)N[C@@H](CCCCN)C(N)=O. The van der Waals surface area contributed by atoms with E-state index in [4.69, 9.17) is 17.2 Å². The zero-order valence-corrected chi connectivity index (χ0v) is 21.7. The average Bonchev–Trinajstić information content (AvgIpc) is 2.87. The van der Waals surface area contributed by atoms with E-state index >= 15 is 0 Å². The van der Waals surface area contributed by atoms with Crippen LogP contribution in [0, 0.1) is 5.82 Å². The van der Waals surface area contributed by atoms with E-state index in [1.807, 2.05) is 30.3 Å². The molecule has 0 aliphatic carbocycles. The summed E-state index contributed by atoms with van der Waals surface area (Å²) in [6, 6.07) is 12.8. The molecule has 2 aromatic rings. The third-order valence-electron chi connectivity index (χ3n) is 5.40. The van der Waals surface area contributed by atoms with Gasteiger partial charge in [0.1, 0.15) is 17.9 Å². The summed E-state index contributed by atoms with van der Waals surface area (Å²) in [4.78, 5) is 37.5. The molecular weight excluding hydrogens is 497 g/mol. The molecule has 0 unspecified atom stereocenters. The third-order valence-corrected chi connectivity index (χ3v) is 6.23.